The van der Waals surface area contributed by atoms with Crippen molar-refractivity contribution < 1.29 is 19.5 Å². The third-order valence-electron chi connectivity index (χ3n) is 3.99. The Balaban J connectivity index is 2.17. The standard InChI is InChI=1S/C17H22N2O4S/c1-4-18(7-8-20)15(21)10-14-16(22)19(17(23)24-14)13-9-11(2)5-6-12(13)3/h5-6,9,14,20H,4,7-8,10H2,1-3H3. The van der Waals surface area contributed by atoms with Crippen LogP contribution in [0.5, 0.6) is 0 Å². The monoisotopic (exact) mass is 350 g/mol. The van der Waals surface area contributed by atoms with E-state index in [-0.39, 0.29) is 36.6 Å². The summed E-state index contributed by atoms with van der Waals surface area (Å²) in [6.45, 7) is 6.12. The molecule has 0 aliphatic carbocycles. The van der Waals surface area contributed by atoms with Gasteiger partial charge in [-0.15, -0.1) is 0 Å². The van der Waals surface area contributed by atoms with Gasteiger partial charge >= 0.3 is 0 Å². The molecule has 0 spiro atoms. The van der Waals surface area contributed by atoms with Crippen LogP contribution in [0.25, 0.3) is 0 Å². The Kier molecular flexibility index (Phi) is 6.01. The normalized spacial score (nSPS) is 17.5. The van der Waals surface area contributed by atoms with E-state index in [4.69, 9.17) is 5.11 Å². The Morgan fingerprint density at radius 2 is 2.04 bits per heavy atom. The lowest BCUT2D eigenvalue weighted by Crippen LogP contribution is -2.38. The van der Waals surface area contributed by atoms with Crippen molar-refractivity contribution in [2.75, 3.05) is 24.6 Å². The van der Waals surface area contributed by atoms with E-state index in [0.29, 0.717) is 12.2 Å². The zero-order valence-corrected chi connectivity index (χ0v) is 14.9. The molecule has 1 aliphatic rings. The number of rotatable bonds is 6. The van der Waals surface area contributed by atoms with Crippen LogP contribution >= 0.6 is 11.8 Å². The van der Waals surface area contributed by atoms with Crippen LogP contribution in [0.1, 0.15) is 24.5 Å². The van der Waals surface area contributed by atoms with Gasteiger partial charge in [-0.2, -0.15) is 0 Å². The Morgan fingerprint density at radius 1 is 1.33 bits per heavy atom. The molecular formula is C17H22N2O4S. The van der Waals surface area contributed by atoms with E-state index in [1.54, 1.807) is 6.07 Å². The molecule has 24 heavy (non-hydrogen) atoms. The molecule has 130 valence electrons. The Bertz CT molecular complexity index is 662. The summed E-state index contributed by atoms with van der Waals surface area (Å²) in [7, 11) is 0. The number of hydrogen-bond acceptors (Lipinski definition) is 5. The van der Waals surface area contributed by atoms with Crippen LogP contribution in [0.2, 0.25) is 0 Å². The second kappa shape index (κ2) is 7.81. The van der Waals surface area contributed by atoms with Crippen LogP contribution < -0.4 is 4.90 Å². The maximum atomic E-state index is 12.6. The molecule has 3 amide bonds. The van der Waals surface area contributed by atoms with E-state index >= 15 is 0 Å². The van der Waals surface area contributed by atoms with Crippen molar-refractivity contribution in [2.45, 2.75) is 32.4 Å². The molecule has 1 fully saturated rings. The highest BCUT2D eigenvalue weighted by Crippen LogP contribution is 2.35. The van der Waals surface area contributed by atoms with Crippen molar-refractivity contribution in [1.29, 1.82) is 0 Å². The molecule has 0 bridgehead atoms. The van der Waals surface area contributed by atoms with Crippen molar-refractivity contribution in [1.82, 2.24) is 4.90 Å². The topological polar surface area (TPSA) is 77.9 Å². The summed E-state index contributed by atoms with van der Waals surface area (Å²) < 4.78 is 0. The largest absolute Gasteiger partial charge is 0.395 e. The van der Waals surface area contributed by atoms with Crippen molar-refractivity contribution in [3.8, 4) is 0 Å². The summed E-state index contributed by atoms with van der Waals surface area (Å²) in [5.74, 6) is -0.583. The molecule has 0 aromatic heterocycles. The predicted molar refractivity (Wildman–Crippen MR) is 94.1 cm³/mol. The number of imide groups is 1. The number of carbonyl (C=O) groups is 3. The van der Waals surface area contributed by atoms with Gasteiger partial charge in [0.05, 0.1) is 12.3 Å². The fourth-order valence-electron chi connectivity index (χ4n) is 2.63. The Labute approximate surface area is 145 Å². The van der Waals surface area contributed by atoms with Crippen molar-refractivity contribution >= 4 is 34.5 Å². The van der Waals surface area contributed by atoms with E-state index in [1.807, 2.05) is 32.9 Å². The number of carbonyl (C=O) groups excluding carboxylic acids is 3. The number of benzene rings is 1. The highest BCUT2D eigenvalue weighted by molar-refractivity contribution is 8.15. The van der Waals surface area contributed by atoms with Crippen molar-refractivity contribution in [2.24, 2.45) is 0 Å². The fraction of sp³-hybridized carbons (Fsp3) is 0.471. The smallest absolute Gasteiger partial charge is 0.293 e. The molecule has 1 N–H and O–H groups in total. The van der Waals surface area contributed by atoms with Gasteiger partial charge in [-0.3, -0.25) is 14.4 Å². The van der Waals surface area contributed by atoms with Crippen LogP contribution in [-0.2, 0) is 9.59 Å². The van der Waals surface area contributed by atoms with Crippen LogP contribution in [0, 0.1) is 13.8 Å². The van der Waals surface area contributed by atoms with E-state index < -0.39 is 5.25 Å². The molecule has 1 saturated heterocycles. The third-order valence-corrected chi connectivity index (χ3v) is 5.03. The molecule has 7 heteroatoms. The molecule has 1 aliphatic heterocycles. The van der Waals surface area contributed by atoms with Gasteiger partial charge in [-0.25, -0.2) is 4.90 Å². The van der Waals surface area contributed by atoms with Gasteiger partial charge in [0, 0.05) is 19.5 Å². The fourth-order valence-corrected chi connectivity index (χ4v) is 3.60. The average Bonchev–Trinajstić information content (AvgIpc) is 2.81. The van der Waals surface area contributed by atoms with E-state index in [0.717, 1.165) is 22.9 Å². The number of aliphatic hydroxyl groups excluding tert-OH is 1. The third kappa shape index (κ3) is 3.79. The van der Waals surface area contributed by atoms with Gasteiger partial charge < -0.3 is 10.0 Å². The average molecular weight is 350 g/mol. The first-order valence-electron chi connectivity index (χ1n) is 7.89. The first kappa shape index (κ1) is 18.5. The van der Waals surface area contributed by atoms with Crippen molar-refractivity contribution in [3.63, 3.8) is 0 Å². The van der Waals surface area contributed by atoms with Crippen LogP contribution in [0.3, 0.4) is 0 Å². The second-order valence-electron chi connectivity index (χ2n) is 5.74. The van der Waals surface area contributed by atoms with Crippen LogP contribution in [0.4, 0.5) is 10.5 Å². The maximum Gasteiger partial charge on any atom is 0.293 e. The number of hydrogen-bond donors (Lipinski definition) is 1. The summed E-state index contributed by atoms with van der Waals surface area (Å²) in [6.07, 6.45) is -0.0373. The molecule has 0 saturated carbocycles. The van der Waals surface area contributed by atoms with Crippen LogP contribution in [-0.4, -0.2) is 52.0 Å². The molecule has 2 rings (SSSR count). The predicted octanol–water partition coefficient (Wildman–Crippen LogP) is 2.10. The second-order valence-corrected chi connectivity index (χ2v) is 6.89. The first-order chi connectivity index (χ1) is 11.4. The Morgan fingerprint density at radius 3 is 2.67 bits per heavy atom. The molecule has 1 aromatic carbocycles. The Hall–Kier alpha value is -1.86. The molecule has 1 atom stereocenters. The highest BCUT2D eigenvalue weighted by atomic mass is 32.2. The molecule has 1 aromatic rings. The zero-order chi connectivity index (χ0) is 17.9. The molecule has 1 unspecified atom stereocenters. The van der Waals surface area contributed by atoms with E-state index in [9.17, 15) is 14.4 Å². The van der Waals surface area contributed by atoms with Gasteiger partial charge in [0.15, 0.2) is 0 Å². The zero-order valence-electron chi connectivity index (χ0n) is 14.1. The summed E-state index contributed by atoms with van der Waals surface area (Å²) >= 11 is 0.893. The van der Waals surface area contributed by atoms with Gasteiger partial charge in [0.25, 0.3) is 5.24 Å². The maximum absolute atomic E-state index is 12.6. The van der Waals surface area contributed by atoms with Gasteiger partial charge in [0.2, 0.25) is 11.8 Å². The van der Waals surface area contributed by atoms with Gasteiger partial charge in [0.1, 0.15) is 5.25 Å². The summed E-state index contributed by atoms with van der Waals surface area (Å²) in [4.78, 5) is 39.9. The lowest BCUT2D eigenvalue weighted by molar-refractivity contribution is -0.133. The molecule has 0 radical (unpaired) electrons. The number of anilines is 1. The highest BCUT2D eigenvalue weighted by Gasteiger charge is 2.42. The minimum absolute atomic E-state index is 0.0373. The quantitative estimate of drug-likeness (QED) is 0.850. The van der Waals surface area contributed by atoms with Gasteiger partial charge in [-0.05, 0) is 49.7 Å². The molecular weight excluding hydrogens is 328 g/mol. The number of aliphatic hydroxyl groups is 1. The summed E-state index contributed by atoms with van der Waals surface area (Å²) in [6, 6.07) is 5.60. The van der Waals surface area contributed by atoms with E-state index in [2.05, 4.69) is 0 Å². The SMILES string of the molecule is CCN(CCO)C(=O)CC1SC(=O)N(c2cc(C)ccc2C)C1=O. The molecule has 1 heterocycles. The van der Waals surface area contributed by atoms with Crippen LogP contribution in [0.15, 0.2) is 18.2 Å². The molecule has 6 nitrogen and oxygen atoms in total. The minimum Gasteiger partial charge on any atom is -0.395 e. The number of likely N-dealkylation sites (N-methyl/N-ethyl adjacent to an activating group) is 1. The lowest BCUT2D eigenvalue weighted by atomic mass is 10.1. The number of aryl methyl sites for hydroxylation is 2. The van der Waals surface area contributed by atoms with Crippen molar-refractivity contribution in [3.05, 3.63) is 29.3 Å². The number of amides is 3. The number of nitrogens with zero attached hydrogens (tertiary/aromatic N) is 2. The summed E-state index contributed by atoms with van der Waals surface area (Å²) in [5.41, 5.74) is 2.38. The summed E-state index contributed by atoms with van der Waals surface area (Å²) in [5, 5.41) is 7.93. The first-order valence-corrected chi connectivity index (χ1v) is 8.77. The minimum atomic E-state index is -0.711. The number of thioether (sulfide) groups is 1. The lowest BCUT2D eigenvalue weighted by Gasteiger charge is -2.21. The van der Waals surface area contributed by atoms with Gasteiger partial charge in [-0.1, -0.05) is 12.1 Å². The van der Waals surface area contributed by atoms with E-state index in [1.165, 1.54) is 9.80 Å².